The molecular formula is C5H12BrCl. The highest BCUT2D eigenvalue weighted by Crippen LogP contribution is 1.95. The summed E-state index contributed by atoms with van der Waals surface area (Å²) in [6, 6.07) is 0. The minimum Gasteiger partial charge on any atom is -0.147 e. The van der Waals surface area contributed by atoms with Crippen LogP contribution in [0.5, 0.6) is 0 Å². The van der Waals surface area contributed by atoms with Gasteiger partial charge in [-0.2, -0.15) is 0 Å². The Morgan fingerprint density at radius 1 is 1.29 bits per heavy atom. The van der Waals surface area contributed by atoms with Crippen LogP contribution in [0.3, 0.4) is 0 Å². The Morgan fingerprint density at radius 2 is 1.86 bits per heavy atom. The molecule has 0 saturated carbocycles. The number of rotatable bonds is 3. The van der Waals surface area contributed by atoms with Crippen LogP contribution < -0.4 is 0 Å². The minimum absolute atomic E-state index is 0. The van der Waals surface area contributed by atoms with Gasteiger partial charge in [0, 0.05) is 5.33 Å². The summed E-state index contributed by atoms with van der Waals surface area (Å²) < 4.78 is 0. The van der Waals surface area contributed by atoms with Gasteiger partial charge in [0.15, 0.2) is 0 Å². The largest absolute Gasteiger partial charge is 0.147 e. The summed E-state index contributed by atoms with van der Waals surface area (Å²) in [5.74, 6) is 0. The molecule has 0 unspecified atom stereocenters. The van der Waals surface area contributed by atoms with Crippen molar-refractivity contribution in [3.8, 4) is 0 Å². The number of alkyl halides is 1. The molecule has 0 bridgehead atoms. The highest BCUT2D eigenvalue weighted by atomic mass is 79.9. The third-order valence-corrected chi connectivity index (χ3v) is 1.30. The van der Waals surface area contributed by atoms with Crippen molar-refractivity contribution in [2.75, 3.05) is 5.33 Å². The highest BCUT2D eigenvalue weighted by Gasteiger charge is 1.76. The van der Waals surface area contributed by atoms with Gasteiger partial charge in [-0.25, -0.2) is 0 Å². The van der Waals surface area contributed by atoms with Crippen LogP contribution >= 0.6 is 28.3 Å². The van der Waals surface area contributed by atoms with Gasteiger partial charge < -0.3 is 0 Å². The van der Waals surface area contributed by atoms with Gasteiger partial charge in [0.2, 0.25) is 0 Å². The molecule has 0 aliphatic heterocycles. The Balaban J connectivity index is 0. The maximum absolute atomic E-state index is 3.35. The first-order valence-electron chi connectivity index (χ1n) is 2.47. The van der Waals surface area contributed by atoms with Crippen LogP contribution in [0, 0.1) is 0 Å². The van der Waals surface area contributed by atoms with E-state index < -0.39 is 0 Å². The third-order valence-electron chi connectivity index (χ3n) is 0.737. The molecule has 0 spiro atoms. The van der Waals surface area contributed by atoms with Gasteiger partial charge in [-0.05, 0) is 6.42 Å². The molecule has 46 valence electrons. The lowest BCUT2D eigenvalue weighted by Gasteiger charge is -1.85. The Morgan fingerprint density at radius 3 is 2.00 bits per heavy atom. The second-order valence-electron chi connectivity index (χ2n) is 1.40. The molecule has 7 heavy (non-hydrogen) atoms. The molecule has 0 fully saturated rings. The van der Waals surface area contributed by atoms with E-state index in [4.69, 9.17) is 0 Å². The number of halogens is 2. The van der Waals surface area contributed by atoms with Gasteiger partial charge in [0.25, 0.3) is 0 Å². The average molecular weight is 188 g/mol. The van der Waals surface area contributed by atoms with Crippen LogP contribution in [0.25, 0.3) is 0 Å². The summed E-state index contributed by atoms with van der Waals surface area (Å²) in [6.45, 7) is 2.21. The Labute approximate surface area is 60.2 Å². The molecule has 0 atom stereocenters. The fraction of sp³-hybridized carbons (Fsp3) is 1.00. The van der Waals surface area contributed by atoms with Gasteiger partial charge in [0.1, 0.15) is 0 Å². The Hall–Kier alpha value is 0.770. The average Bonchev–Trinajstić information content (AvgIpc) is 1.61. The predicted octanol–water partition coefficient (Wildman–Crippen LogP) is 2.99. The molecule has 0 aliphatic rings. The first-order chi connectivity index (χ1) is 2.91. The van der Waals surface area contributed by atoms with Crippen molar-refractivity contribution in [2.24, 2.45) is 0 Å². The lowest BCUT2D eigenvalue weighted by atomic mass is 10.3. The van der Waals surface area contributed by atoms with Crippen molar-refractivity contribution >= 4 is 28.3 Å². The monoisotopic (exact) mass is 186 g/mol. The second-order valence-corrected chi connectivity index (χ2v) is 2.19. The topological polar surface area (TPSA) is 0 Å². The molecule has 0 aliphatic carbocycles. The summed E-state index contributed by atoms with van der Waals surface area (Å²) in [4.78, 5) is 0. The normalized spacial score (nSPS) is 7.71. The maximum Gasteiger partial charge on any atom is 0.00313 e. The molecule has 0 rings (SSSR count). The molecule has 0 aromatic carbocycles. The van der Waals surface area contributed by atoms with E-state index in [2.05, 4.69) is 22.9 Å². The van der Waals surface area contributed by atoms with E-state index in [9.17, 15) is 0 Å². The molecule has 0 aromatic rings. The van der Waals surface area contributed by atoms with Crippen LogP contribution in [0.2, 0.25) is 0 Å². The standard InChI is InChI=1S/C5H11Br.ClH/c1-2-3-4-5-6;/h2-5H2,1H3;1H. The van der Waals surface area contributed by atoms with Crippen LogP contribution in [-0.2, 0) is 0 Å². The lowest BCUT2D eigenvalue weighted by molar-refractivity contribution is 0.781. The molecule has 0 amide bonds. The number of hydrogen-bond donors (Lipinski definition) is 0. The van der Waals surface area contributed by atoms with E-state index >= 15 is 0 Å². The first kappa shape index (κ1) is 10.7. The molecule has 0 aromatic heterocycles. The molecule has 0 nitrogen and oxygen atoms in total. The highest BCUT2D eigenvalue weighted by molar-refractivity contribution is 9.09. The second kappa shape index (κ2) is 9.91. The number of unbranched alkanes of at least 4 members (excludes halogenated alkanes) is 2. The smallest absolute Gasteiger partial charge is 0.00313 e. The van der Waals surface area contributed by atoms with E-state index in [0.29, 0.717) is 0 Å². The van der Waals surface area contributed by atoms with Crippen LogP contribution in [0.15, 0.2) is 0 Å². The molecule has 2 heteroatoms. The molecule has 0 saturated heterocycles. The first-order valence-corrected chi connectivity index (χ1v) is 3.60. The van der Waals surface area contributed by atoms with E-state index in [-0.39, 0.29) is 12.4 Å². The van der Waals surface area contributed by atoms with Gasteiger partial charge in [-0.15, -0.1) is 12.4 Å². The number of hydrogen-bond acceptors (Lipinski definition) is 0. The molecule has 0 N–H and O–H groups in total. The van der Waals surface area contributed by atoms with Crippen molar-refractivity contribution in [1.82, 2.24) is 0 Å². The van der Waals surface area contributed by atoms with E-state index in [1.165, 1.54) is 24.6 Å². The summed E-state index contributed by atoms with van der Waals surface area (Å²) in [5.41, 5.74) is 0. The molecule has 0 radical (unpaired) electrons. The lowest BCUT2D eigenvalue weighted by Crippen LogP contribution is -1.70. The zero-order valence-electron chi connectivity index (χ0n) is 4.61. The molecule has 0 heterocycles. The quantitative estimate of drug-likeness (QED) is 0.471. The van der Waals surface area contributed by atoms with Crippen molar-refractivity contribution in [3.05, 3.63) is 0 Å². The van der Waals surface area contributed by atoms with Crippen LogP contribution in [0.4, 0.5) is 0 Å². The van der Waals surface area contributed by atoms with Crippen molar-refractivity contribution < 1.29 is 0 Å². The van der Waals surface area contributed by atoms with Gasteiger partial charge >= 0.3 is 0 Å². The van der Waals surface area contributed by atoms with E-state index in [0.717, 1.165) is 0 Å². The fourth-order valence-corrected chi connectivity index (χ4v) is 0.741. The summed E-state index contributed by atoms with van der Waals surface area (Å²) in [7, 11) is 0. The Kier molecular flexibility index (Phi) is 15.1. The fourth-order valence-electron chi connectivity index (χ4n) is 0.344. The predicted molar refractivity (Wildman–Crippen MR) is 40.6 cm³/mol. The van der Waals surface area contributed by atoms with Gasteiger partial charge in [-0.3, -0.25) is 0 Å². The van der Waals surface area contributed by atoms with E-state index in [1.54, 1.807) is 0 Å². The van der Waals surface area contributed by atoms with Crippen molar-refractivity contribution in [1.29, 1.82) is 0 Å². The van der Waals surface area contributed by atoms with Crippen LogP contribution in [-0.4, -0.2) is 5.33 Å². The summed E-state index contributed by atoms with van der Waals surface area (Å²) in [6.07, 6.45) is 4.02. The summed E-state index contributed by atoms with van der Waals surface area (Å²) >= 11 is 3.35. The van der Waals surface area contributed by atoms with Gasteiger partial charge in [0.05, 0.1) is 0 Å². The van der Waals surface area contributed by atoms with E-state index in [1.807, 2.05) is 0 Å². The van der Waals surface area contributed by atoms with Crippen LogP contribution in [0.1, 0.15) is 26.2 Å². The summed E-state index contributed by atoms with van der Waals surface area (Å²) in [5, 5.41) is 1.17. The Bertz CT molecular complexity index is 20.0. The SMILES string of the molecule is CCCCCBr.Cl. The maximum atomic E-state index is 3.35. The van der Waals surface area contributed by atoms with Crippen molar-refractivity contribution in [2.45, 2.75) is 26.2 Å². The zero-order valence-corrected chi connectivity index (χ0v) is 7.02. The minimum atomic E-state index is 0. The zero-order chi connectivity index (χ0) is 4.83. The molecular weight excluding hydrogens is 175 g/mol. The van der Waals surface area contributed by atoms with Gasteiger partial charge in [-0.1, -0.05) is 35.7 Å². The third kappa shape index (κ3) is 10.8. The van der Waals surface area contributed by atoms with Crippen molar-refractivity contribution in [3.63, 3.8) is 0 Å².